The number of fused-ring (bicyclic) bond motifs is 1. The molecular weight excluding hydrogens is 389 g/mol. The maximum Gasteiger partial charge on any atom is 0.417 e. The van der Waals surface area contributed by atoms with Crippen molar-refractivity contribution in [2.24, 2.45) is 0 Å². The molecular formula is C16H12ClF3N4O3. The summed E-state index contributed by atoms with van der Waals surface area (Å²) in [5, 5.41) is 14.7. The van der Waals surface area contributed by atoms with Crippen molar-refractivity contribution in [3.8, 4) is 0 Å². The molecule has 1 aromatic carbocycles. The highest BCUT2D eigenvalue weighted by atomic mass is 35.5. The number of benzene rings is 1. The molecule has 0 saturated heterocycles. The molecule has 3 rings (SSSR count). The van der Waals surface area contributed by atoms with E-state index in [1.54, 1.807) is 0 Å². The molecule has 2 heterocycles. The van der Waals surface area contributed by atoms with E-state index in [-0.39, 0.29) is 23.3 Å². The number of hydrogen-bond donors (Lipinski definition) is 2. The van der Waals surface area contributed by atoms with Crippen LogP contribution in [0, 0.1) is 0 Å². The van der Waals surface area contributed by atoms with Crippen molar-refractivity contribution in [3.05, 3.63) is 63.3 Å². The largest absolute Gasteiger partial charge is 0.417 e. The van der Waals surface area contributed by atoms with E-state index in [2.05, 4.69) is 10.4 Å². The molecule has 142 valence electrons. The Kier molecular flexibility index (Phi) is 4.94. The lowest BCUT2D eigenvalue weighted by atomic mass is 10.1. The molecule has 27 heavy (non-hydrogen) atoms. The van der Waals surface area contributed by atoms with E-state index >= 15 is 0 Å². The lowest BCUT2D eigenvalue weighted by Gasteiger charge is -2.12. The van der Waals surface area contributed by atoms with E-state index in [1.165, 1.54) is 29.2 Å². The molecule has 0 bridgehead atoms. The van der Waals surface area contributed by atoms with Crippen LogP contribution in [0.3, 0.4) is 0 Å². The fraction of sp³-hybridized carbons (Fsp3) is 0.188. The van der Waals surface area contributed by atoms with Gasteiger partial charge in [-0.05, 0) is 23.8 Å². The molecule has 0 fully saturated rings. The summed E-state index contributed by atoms with van der Waals surface area (Å²) in [6.07, 6.45) is -2.06. The highest BCUT2D eigenvalue weighted by Gasteiger charge is 2.33. The number of hydrogen-bond acceptors (Lipinski definition) is 4. The van der Waals surface area contributed by atoms with Gasteiger partial charge in [-0.1, -0.05) is 17.7 Å². The smallest absolute Gasteiger partial charge is 0.387 e. The van der Waals surface area contributed by atoms with Gasteiger partial charge in [0.25, 0.3) is 5.56 Å². The van der Waals surface area contributed by atoms with Crippen LogP contribution in [0.1, 0.15) is 11.1 Å². The predicted octanol–water partition coefficient (Wildman–Crippen LogP) is 2.15. The third kappa shape index (κ3) is 3.96. The van der Waals surface area contributed by atoms with E-state index < -0.39 is 34.8 Å². The van der Waals surface area contributed by atoms with Crippen LogP contribution in [0.25, 0.3) is 5.52 Å². The first-order chi connectivity index (χ1) is 12.7. The molecule has 2 aromatic heterocycles. The molecule has 0 unspecified atom stereocenters. The highest BCUT2D eigenvalue weighted by Crippen LogP contribution is 2.35. The molecule has 0 atom stereocenters. The van der Waals surface area contributed by atoms with E-state index in [1.807, 2.05) is 0 Å². The molecule has 0 saturated carbocycles. The average molecular weight is 401 g/mol. The summed E-state index contributed by atoms with van der Waals surface area (Å²) >= 11 is 5.59. The summed E-state index contributed by atoms with van der Waals surface area (Å²) in [5.74, 6) is -0.660. The van der Waals surface area contributed by atoms with Crippen molar-refractivity contribution in [2.75, 3.05) is 11.9 Å². The normalized spacial score (nSPS) is 11.7. The monoisotopic (exact) mass is 400 g/mol. The molecule has 0 aliphatic carbocycles. The SMILES string of the molecule is O=C(CO)Nc1cc2c(=O)n(Cc3ccc(Cl)c(C(F)(F)F)c3)cnn2c1. The van der Waals surface area contributed by atoms with Crippen molar-refractivity contribution >= 4 is 28.7 Å². The van der Waals surface area contributed by atoms with Crippen molar-refractivity contribution in [2.45, 2.75) is 12.7 Å². The fourth-order valence-corrected chi connectivity index (χ4v) is 2.72. The van der Waals surface area contributed by atoms with E-state index in [4.69, 9.17) is 16.7 Å². The molecule has 7 nitrogen and oxygen atoms in total. The van der Waals surface area contributed by atoms with Gasteiger partial charge >= 0.3 is 6.18 Å². The van der Waals surface area contributed by atoms with Crippen LogP contribution in [-0.4, -0.2) is 31.8 Å². The van der Waals surface area contributed by atoms with Crippen LogP contribution in [0.4, 0.5) is 18.9 Å². The maximum atomic E-state index is 13.0. The Morgan fingerprint density at radius 1 is 1.30 bits per heavy atom. The van der Waals surface area contributed by atoms with Crippen molar-refractivity contribution in [3.63, 3.8) is 0 Å². The number of halogens is 4. The van der Waals surface area contributed by atoms with E-state index in [0.29, 0.717) is 0 Å². The van der Waals surface area contributed by atoms with Gasteiger partial charge in [-0.15, -0.1) is 0 Å². The fourth-order valence-electron chi connectivity index (χ4n) is 2.49. The summed E-state index contributed by atoms with van der Waals surface area (Å²) in [5.41, 5.74) is -0.920. The van der Waals surface area contributed by atoms with Gasteiger partial charge in [-0.25, -0.2) is 4.52 Å². The van der Waals surface area contributed by atoms with Crippen molar-refractivity contribution in [1.82, 2.24) is 14.2 Å². The minimum Gasteiger partial charge on any atom is -0.387 e. The summed E-state index contributed by atoms with van der Waals surface area (Å²) in [6, 6.07) is 4.74. The first-order valence-electron chi connectivity index (χ1n) is 7.53. The second-order valence-electron chi connectivity index (χ2n) is 5.64. The molecule has 1 amide bonds. The number of aliphatic hydroxyl groups excluding tert-OH is 1. The van der Waals surface area contributed by atoms with Gasteiger partial charge in [0.15, 0.2) is 0 Å². The van der Waals surface area contributed by atoms with Crippen LogP contribution in [-0.2, 0) is 17.5 Å². The number of rotatable bonds is 4. The van der Waals surface area contributed by atoms with Gasteiger partial charge in [0.2, 0.25) is 5.91 Å². The summed E-state index contributed by atoms with van der Waals surface area (Å²) in [4.78, 5) is 23.8. The number of alkyl halides is 3. The molecule has 2 N–H and O–H groups in total. The van der Waals surface area contributed by atoms with Gasteiger partial charge < -0.3 is 10.4 Å². The quantitative estimate of drug-likeness (QED) is 0.702. The van der Waals surface area contributed by atoms with Gasteiger partial charge in [-0.3, -0.25) is 14.2 Å². The van der Waals surface area contributed by atoms with Crippen LogP contribution < -0.4 is 10.9 Å². The Bertz CT molecular complexity index is 1070. The highest BCUT2D eigenvalue weighted by molar-refractivity contribution is 6.31. The third-order valence-electron chi connectivity index (χ3n) is 3.71. The third-order valence-corrected chi connectivity index (χ3v) is 4.04. The number of carbonyl (C=O) groups is 1. The topological polar surface area (TPSA) is 88.6 Å². The minimum atomic E-state index is -4.61. The molecule has 0 aliphatic rings. The second kappa shape index (κ2) is 7.05. The number of anilines is 1. The van der Waals surface area contributed by atoms with Gasteiger partial charge in [-0.2, -0.15) is 18.3 Å². The van der Waals surface area contributed by atoms with Crippen molar-refractivity contribution < 1.29 is 23.1 Å². The average Bonchev–Trinajstić information content (AvgIpc) is 3.01. The number of nitrogens with zero attached hydrogens (tertiary/aromatic N) is 3. The Labute approximate surface area is 154 Å². The summed E-state index contributed by atoms with van der Waals surface area (Å²) in [7, 11) is 0. The molecule has 11 heteroatoms. The van der Waals surface area contributed by atoms with Gasteiger partial charge in [0.05, 0.1) is 29.0 Å². The first-order valence-corrected chi connectivity index (χ1v) is 7.91. The van der Waals surface area contributed by atoms with Crippen molar-refractivity contribution in [1.29, 1.82) is 0 Å². The standard InChI is InChI=1S/C16H12ClF3N4O3/c17-12-2-1-9(3-11(12)16(18,19)20)5-23-8-21-24-6-10(22-14(26)7-25)4-13(24)15(23)27/h1-4,6,8,25H,5,7H2,(H,22,26). The summed E-state index contributed by atoms with van der Waals surface area (Å²) in [6.45, 7) is -0.867. The van der Waals surface area contributed by atoms with E-state index in [0.717, 1.165) is 16.7 Å². The Morgan fingerprint density at radius 2 is 2.04 bits per heavy atom. The Hall–Kier alpha value is -2.85. The zero-order valence-corrected chi connectivity index (χ0v) is 14.3. The zero-order chi connectivity index (χ0) is 19.8. The molecule has 3 aromatic rings. The minimum absolute atomic E-state index is 0.107. The van der Waals surface area contributed by atoms with Crippen LogP contribution in [0.5, 0.6) is 0 Å². The number of nitrogens with one attached hydrogen (secondary N) is 1. The second-order valence-corrected chi connectivity index (χ2v) is 6.05. The van der Waals surface area contributed by atoms with Crippen LogP contribution in [0.2, 0.25) is 5.02 Å². The molecule has 0 spiro atoms. The van der Waals surface area contributed by atoms with Gasteiger partial charge in [0, 0.05) is 0 Å². The van der Waals surface area contributed by atoms with Crippen LogP contribution in [0.15, 0.2) is 41.6 Å². The zero-order valence-electron chi connectivity index (χ0n) is 13.5. The molecule has 0 radical (unpaired) electrons. The number of aromatic nitrogens is 3. The summed E-state index contributed by atoms with van der Waals surface area (Å²) < 4.78 is 41.3. The first kappa shape index (κ1) is 18.9. The van der Waals surface area contributed by atoms with Crippen LogP contribution >= 0.6 is 11.6 Å². The van der Waals surface area contributed by atoms with Gasteiger partial charge in [0.1, 0.15) is 18.5 Å². The lowest BCUT2D eigenvalue weighted by Crippen LogP contribution is -2.23. The number of carbonyl (C=O) groups excluding carboxylic acids is 1. The van der Waals surface area contributed by atoms with E-state index in [9.17, 15) is 22.8 Å². The lowest BCUT2D eigenvalue weighted by molar-refractivity contribution is -0.137. The Balaban J connectivity index is 1.95. The predicted molar refractivity (Wildman–Crippen MR) is 90.7 cm³/mol. The number of amides is 1. The Morgan fingerprint density at radius 3 is 2.70 bits per heavy atom. The maximum absolute atomic E-state index is 13.0. The number of aliphatic hydroxyl groups is 1. The molecule has 0 aliphatic heterocycles.